The molecular formula is C18H17N3OS2. The first-order valence-electron chi connectivity index (χ1n) is 7.47. The van der Waals surface area contributed by atoms with Gasteiger partial charge in [0.05, 0.1) is 10.2 Å². The van der Waals surface area contributed by atoms with Gasteiger partial charge in [0.2, 0.25) is 5.11 Å². The van der Waals surface area contributed by atoms with E-state index >= 15 is 0 Å². The maximum absolute atomic E-state index is 12.2. The van der Waals surface area contributed by atoms with E-state index in [0.717, 1.165) is 20.6 Å². The molecule has 1 heterocycles. The molecule has 0 aliphatic rings. The molecule has 0 fully saturated rings. The fraction of sp³-hybridized carbons (Fsp3) is 0.167. The van der Waals surface area contributed by atoms with Crippen LogP contribution in [0.15, 0.2) is 47.5 Å². The molecule has 0 saturated carbocycles. The van der Waals surface area contributed by atoms with Gasteiger partial charge in [0.15, 0.2) is 4.80 Å². The molecule has 0 aliphatic carbocycles. The van der Waals surface area contributed by atoms with Crippen molar-refractivity contribution in [2.45, 2.75) is 13.8 Å². The van der Waals surface area contributed by atoms with Gasteiger partial charge in [-0.05, 0) is 55.9 Å². The summed E-state index contributed by atoms with van der Waals surface area (Å²) in [4.78, 5) is 17.3. The Morgan fingerprint density at radius 1 is 1.12 bits per heavy atom. The van der Waals surface area contributed by atoms with Crippen LogP contribution in [-0.4, -0.2) is 15.6 Å². The lowest BCUT2D eigenvalue weighted by molar-refractivity contribution is 0.0977. The number of thiocarbonyl (C=S) groups is 1. The Balaban J connectivity index is 1.85. The second kappa shape index (κ2) is 6.67. The molecule has 0 bridgehead atoms. The zero-order valence-electron chi connectivity index (χ0n) is 13.7. The van der Waals surface area contributed by atoms with Gasteiger partial charge in [-0.2, -0.15) is 4.99 Å². The van der Waals surface area contributed by atoms with E-state index in [1.165, 1.54) is 5.56 Å². The van der Waals surface area contributed by atoms with E-state index < -0.39 is 0 Å². The molecule has 0 aliphatic heterocycles. The van der Waals surface area contributed by atoms with Crippen LogP contribution in [0.25, 0.3) is 10.2 Å². The number of thiazole rings is 1. The second-order valence-corrected chi connectivity index (χ2v) is 7.05. The normalized spacial score (nSPS) is 11.7. The molecule has 2 aromatic carbocycles. The van der Waals surface area contributed by atoms with Crippen molar-refractivity contribution < 1.29 is 4.79 Å². The van der Waals surface area contributed by atoms with Gasteiger partial charge in [0.1, 0.15) is 0 Å². The summed E-state index contributed by atoms with van der Waals surface area (Å²) >= 11 is 6.77. The van der Waals surface area contributed by atoms with Gasteiger partial charge in [0, 0.05) is 12.6 Å². The van der Waals surface area contributed by atoms with E-state index in [4.69, 9.17) is 12.2 Å². The average Bonchev–Trinajstić information content (AvgIpc) is 2.83. The molecule has 0 atom stereocenters. The largest absolute Gasteiger partial charge is 0.319 e. The summed E-state index contributed by atoms with van der Waals surface area (Å²) in [6.45, 7) is 4.03. The van der Waals surface area contributed by atoms with Crippen LogP contribution in [0.3, 0.4) is 0 Å². The summed E-state index contributed by atoms with van der Waals surface area (Å²) in [7, 11) is 1.94. The monoisotopic (exact) mass is 355 g/mol. The van der Waals surface area contributed by atoms with Crippen molar-refractivity contribution in [2.75, 3.05) is 0 Å². The Morgan fingerprint density at radius 2 is 1.79 bits per heavy atom. The van der Waals surface area contributed by atoms with E-state index in [-0.39, 0.29) is 11.0 Å². The summed E-state index contributed by atoms with van der Waals surface area (Å²) < 4.78 is 3.12. The highest BCUT2D eigenvalue weighted by Gasteiger charge is 2.08. The van der Waals surface area contributed by atoms with E-state index in [1.54, 1.807) is 23.5 Å². The van der Waals surface area contributed by atoms with Crippen LogP contribution in [0.4, 0.5) is 0 Å². The Hall–Kier alpha value is -2.31. The van der Waals surface area contributed by atoms with E-state index in [0.29, 0.717) is 5.56 Å². The minimum atomic E-state index is -0.247. The van der Waals surface area contributed by atoms with Crippen molar-refractivity contribution in [3.05, 3.63) is 64.0 Å². The first-order chi connectivity index (χ1) is 11.4. The lowest BCUT2D eigenvalue weighted by Crippen LogP contribution is -2.29. The summed E-state index contributed by atoms with van der Waals surface area (Å²) in [5, 5.41) is 2.83. The molecule has 0 spiro atoms. The van der Waals surface area contributed by atoms with Crippen LogP contribution >= 0.6 is 23.6 Å². The molecule has 122 valence electrons. The standard InChI is InChI=1S/C18H17N3OS2/c1-11-4-7-13(8-5-11)16(22)19-17(23)20-18-21(3)14-9-6-12(2)10-15(14)24-18/h4-10H,1-3H3,(H,19,22,23)/b20-18+. The number of hydrogen-bond acceptors (Lipinski definition) is 3. The summed E-state index contributed by atoms with van der Waals surface area (Å²) in [6, 6.07) is 13.6. The number of amides is 1. The molecule has 6 heteroatoms. The van der Waals surface area contributed by atoms with Crippen molar-refractivity contribution in [3.8, 4) is 0 Å². The lowest BCUT2D eigenvalue weighted by atomic mass is 10.1. The molecular weight excluding hydrogens is 338 g/mol. The predicted octanol–water partition coefficient (Wildman–Crippen LogP) is 3.47. The van der Waals surface area contributed by atoms with Gasteiger partial charge in [-0.3, -0.25) is 10.1 Å². The highest BCUT2D eigenvalue weighted by molar-refractivity contribution is 7.80. The van der Waals surface area contributed by atoms with Gasteiger partial charge in [0.25, 0.3) is 5.91 Å². The fourth-order valence-corrected chi connectivity index (χ4v) is 3.70. The number of rotatable bonds is 1. The number of carbonyl (C=O) groups is 1. The molecule has 0 radical (unpaired) electrons. The number of hydrogen-bond donors (Lipinski definition) is 1. The first-order valence-corrected chi connectivity index (χ1v) is 8.69. The van der Waals surface area contributed by atoms with Crippen LogP contribution in [0, 0.1) is 13.8 Å². The third-order valence-electron chi connectivity index (χ3n) is 3.70. The maximum atomic E-state index is 12.2. The smallest absolute Gasteiger partial charge is 0.257 e. The minimum absolute atomic E-state index is 0.166. The molecule has 3 rings (SSSR count). The van der Waals surface area contributed by atoms with Crippen molar-refractivity contribution in [1.82, 2.24) is 9.88 Å². The zero-order valence-corrected chi connectivity index (χ0v) is 15.3. The van der Waals surface area contributed by atoms with Gasteiger partial charge in [-0.25, -0.2) is 0 Å². The average molecular weight is 355 g/mol. The Labute approximate surface area is 149 Å². The minimum Gasteiger partial charge on any atom is -0.319 e. The molecule has 24 heavy (non-hydrogen) atoms. The summed E-state index contributed by atoms with van der Waals surface area (Å²) in [6.07, 6.45) is 0. The van der Waals surface area contributed by atoms with E-state index in [9.17, 15) is 4.79 Å². The summed E-state index contributed by atoms with van der Waals surface area (Å²) in [5.74, 6) is -0.247. The molecule has 4 nitrogen and oxygen atoms in total. The van der Waals surface area contributed by atoms with Gasteiger partial charge in [-0.1, -0.05) is 35.1 Å². The second-order valence-electron chi connectivity index (χ2n) is 5.65. The third-order valence-corrected chi connectivity index (χ3v) is 4.98. The number of aromatic nitrogens is 1. The highest BCUT2D eigenvalue weighted by atomic mass is 32.1. The SMILES string of the molecule is Cc1ccc(C(=O)NC(=S)/N=c2/sc3cc(C)ccc3n2C)cc1. The molecule has 3 aromatic rings. The van der Waals surface area contributed by atoms with Crippen LogP contribution in [-0.2, 0) is 7.05 Å². The summed E-state index contributed by atoms with van der Waals surface area (Å²) in [5.41, 5.74) is 3.96. The Kier molecular flexibility index (Phi) is 4.59. The number of carbonyl (C=O) groups excluding carboxylic acids is 1. The van der Waals surface area contributed by atoms with Gasteiger partial charge >= 0.3 is 0 Å². The van der Waals surface area contributed by atoms with Crippen molar-refractivity contribution in [1.29, 1.82) is 0 Å². The Morgan fingerprint density at radius 3 is 2.50 bits per heavy atom. The van der Waals surface area contributed by atoms with E-state index in [2.05, 4.69) is 35.4 Å². The molecule has 1 N–H and O–H groups in total. The first kappa shape index (κ1) is 16.5. The molecule has 0 saturated heterocycles. The number of nitrogens with one attached hydrogen (secondary N) is 1. The molecule has 0 unspecified atom stereocenters. The number of fused-ring (bicyclic) bond motifs is 1. The van der Waals surface area contributed by atoms with Gasteiger partial charge < -0.3 is 4.57 Å². The quantitative estimate of drug-likeness (QED) is 0.680. The Bertz CT molecular complexity index is 997. The number of nitrogens with zero attached hydrogens (tertiary/aromatic N) is 2. The number of aryl methyl sites for hydroxylation is 3. The van der Waals surface area contributed by atoms with Crippen molar-refractivity contribution in [3.63, 3.8) is 0 Å². The third kappa shape index (κ3) is 3.44. The van der Waals surface area contributed by atoms with Crippen LogP contribution < -0.4 is 10.1 Å². The molecule has 1 aromatic heterocycles. The predicted molar refractivity (Wildman–Crippen MR) is 102 cm³/mol. The highest BCUT2D eigenvalue weighted by Crippen LogP contribution is 2.17. The lowest BCUT2D eigenvalue weighted by Gasteiger charge is -2.03. The van der Waals surface area contributed by atoms with E-state index in [1.807, 2.05) is 30.7 Å². The van der Waals surface area contributed by atoms with Crippen LogP contribution in [0.2, 0.25) is 0 Å². The van der Waals surface area contributed by atoms with Crippen molar-refractivity contribution in [2.24, 2.45) is 12.0 Å². The number of benzene rings is 2. The van der Waals surface area contributed by atoms with Crippen LogP contribution in [0.5, 0.6) is 0 Å². The maximum Gasteiger partial charge on any atom is 0.257 e. The molecule has 1 amide bonds. The zero-order chi connectivity index (χ0) is 17.3. The topological polar surface area (TPSA) is 46.4 Å². The van der Waals surface area contributed by atoms with Crippen molar-refractivity contribution >= 4 is 44.8 Å². The van der Waals surface area contributed by atoms with Crippen LogP contribution in [0.1, 0.15) is 21.5 Å². The fourth-order valence-electron chi connectivity index (χ4n) is 2.34. The van der Waals surface area contributed by atoms with Gasteiger partial charge in [-0.15, -0.1) is 0 Å².